The van der Waals surface area contributed by atoms with E-state index in [0.717, 1.165) is 32.1 Å². The second-order valence-corrected chi connectivity index (χ2v) is 5.51. The lowest BCUT2D eigenvalue weighted by Crippen LogP contribution is -2.38. The van der Waals surface area contributed by atoms with E-state index >= 15 is 0 Å². The van der Waals surface area contributed by atoms with Crippen molar-refractivity contribution in [1.82, 2.24) is 5.32 Å². The quantitative estimate of drug-likeness (QED) is 0.678. The molecule has 0 aliphatic heterocycles. The van der Waals surface area contributed by atoms with Crippen LogP contribution in [0.1, 0.15) is 52.9 Å². The Bertz CT molecular complexity index is 235. The van der Waals surface area contributed by atoms with Gasteiger partial charge in [0, 0.05) is 6.04 Å². The molecule has 0 aromatic heterocycles. The van der Waals surface area contributed by atoms with Gasteiger partial charge in [0.05, 0.1) is 6.10 Å². The summed E-state index contributed by atoms with van der Waals surface area (Å²) in [6, 6.07) is 0.145. The molecule has 1 aliphatic rings. The van der Waals surface area contributed by atoms with E-state index in [-0.39, 0.29) is 18.2 Å². The average Bonchev–Trinajstić information content (AvgIpc) is 2.27. The molecule has 0 unspecified atom stereocenters. The highest BCUT2D eigenvalue weighted by Crippen LogP contribution is 2.18. The van der Waals surface area contributed by atoms with Gasteiger partial charge in [0.15, 0.2) is 0 Å². The van der Waals surface area contributed by atoms with E-state index in [0.29, 0.717) is 0 Å². The van der Waals surface area contributed by atoms with Crippen LogP contribution in [-0.4, -0.2) is 28.9 Å². The standard InChI is InChI=1S/C12H23NO3/c1-12(2,3)16-11(15)13-9-5-4-6-10(14)8-7-9/h9-10,14H,4-8H2,1-3H3,(H,13,15)/t9-,10+/m1/s1. The highest BCUT2D eigenvalue weighted by atomic mass is 16.6. The van der Waals surface area contributed by atoms with Crippen LogP contribution in [0.5, 0.6) is 0 Å². The van der Waals surface area contributed by atoms with Crippen LogP contribution in [0.25, 0.3) is 0 Å². The summed E-state index contributed by atoms with van der Waals surface area (Å²) in [7, 11) is 0. The molecular weight excluding hydrogens is 206 g/mol. The van der Waals surface area contributed by atoms with Crippen LogP contribution in [0.4, 0.5) is 4.79 Å². The number of carbonyl (C=O) groups excluding carboxylic acids is 1. The summed E-state index contributed by atoms with van der Waals surface area (Å²) in [4.78, 5) is 11.5. The van der Waals surface area contributed by atoms with E-state index in [9.17, 15) is 9.90 Å². The number of aliphatic hydroxyl groups excluding tert-OH is 1. The Kier molecular flexibility index (Phi) is 4.59. The first kappa shape index (κ1) is 13.3. The lowest BCUT2D eigenvalue weighted by atomic mass is 10.1. The van der Waals surface area contributed by atoms with Crippen molar-refractivity contribution in [3.63, 3.8) is 0 Å². The van der Waals surface area contributed by atoms with E-state index in [1.165, 1.54) is 0 Å². The molecule has 2 N–H and O–H groups in total. The molecule has 4 heteroatoms. The SMILES string of the molecule is CC(C)(C)OC(=O)N[C@@H]1CCC[C@H](O)CC1. The smallest absolute Gasteiger partial charge is 0.407 e. The van der Waals surface area contributed by atoms with Gasteiger partial charge in [-0.05, 0) is 52.9 Å². The zero-order valence-corrected chi connectivity index (χ0v) is 10.5. The molecule has 16 heavy (non-hydrogen) atoms. The molecule has 0 bridgehead atoms. The van der Waals surface area contributed by atoms with Crippen molar-refractivity contribution in [3.8, 4) is 0 Å². The number of ether oxygens (including phenoxy) is 1. The predicted molar refractivity (Wildman–Crippen MR) is 62.2 cm³/mol. The van der Waals surface area contributed by atoms with Gasteiger partial charge in [-0.1, -0.05) is 0 Å². The van der Waals surface area contributed by atoms with E-state index in [4.69, 9.17) is 4.74 Å². The van der Waals surface area contributed by atoms with Gasteiger partial charge in [-0.3, -0.25) is 0 Å². The summed E-state index contributed by atoms with van der Waals surface area (Å²) in [6.45, 7) is 5.55. The average molecular weight is 229 g/mol. The largest absolute Gasteiger partial charge is 0.444 e. The van der Waals surface area contributed by atoms with Gasteiger partial charge in [0.2, 0.25) is 0 Å². The van der Waals surface area contributed by atoms with Crippen LogP contribution in [0.15, 0.2) is 0 Å². The fourth-order valence-corrected chi connectivity index (χ4v) is 1.90. The maximum atomic E-state index is 11.5. The Balaban J connectivity index is 2.33. The lowest BCUT2D eigenvalue weighted by molar-refractivity contribution is 0.0498. The summed E-state index contributed by atoms with van der Waals surface area (Å²) in [6.07, 6.45) is 3.77. The second kappa shape index (κ2) is 5.53. The predicted octanol–water partition coefficient (Wildman–Crippen LogP) is 2.20. The fraction of sp³-hybridized carbons (Fsp3) is 0.917. The first-order valence-electron chi connectivity index (χ1n) is 6.04. The van der Waals surface area contributed by atoms with Gasteiger partial charge in [0.1, 0.15) is 5.60 Å². The maximum Gasteiger partial charge on any atom is 0.407 e. The van der Waals surface area contributed by atoms with Crippen molar-refractivity contribution in [2.45, 2.75) is 70.6 Å². The Labute approximate surface area is 97.4 Å². The van der Waals surface area contributed by atoms with Gasteiger partial charge in [0.25, 0.3) is 0 Å². The minimum atomic E-state index is -0.450. The summed E-state index contributed by atoms with van der Waals surface area (Å²) >= 11 is 0. The van der Waals surface area contributed by atoms with Crippen molar-refractivity contribution < 1.29 is 14.6 Å². The monoisotopic (exact) mass is 229 g/mol. The third-order valence-electron chi connectivity index (χ3n) is 2.66. The van der Waals surface area contributed by atoms with Crippen LogP contribution in [0.2, 0.25) is 0 Å². The molecule has 94 valence electrons. The van der Waals surface area contributed by atoms with Crippen LogP contribution >= 0.6 is 0 Å². The first-order chi connectivity index (χ1) is 7.37. The topological polar surface area (TPSA) is 58.6 Å². The molecule has 1 rings (SSSR count). The number of hydrogen-bond donors (Lipinski definition) is 2. The van der Waals surface area contributed by atoms with Gasteiger partial charge < -0.3 is 15.2 Å². The summed E-state index contributed by atoms with van der Waals surface area (Å²) in [5.74, 6) is 0. The third kappa shape index (κ3) is 5.35. The number of rotatable bonds is 1. The van der Waals surface area contributed by atoms with Crippen molar-refractivity contribution in [2.75, 3.05) is 0 Å². The molecule has 0 radical (unpaired) electrons. The summed E-state index contributed by atoms with van der Waals surface area (Å²) in [5, 5.41) is 12.3. The molecule has 1 fully saturated rings. The molecule has 0 heterocycles. The molecule has 2 atom stereocenters. The Morgan fingerprint density at radius 3 is 2.56 bits per heavy atom. The normalized spacial score (nSPS) is 27.0. The number of amides is 1. The molecule has 0 aromatic carbocycles. The third-order valence-corrected chi connectivity index (χ3v) is 2.66. The van der Waals surface area contributed by atoms with Gasteiger partial charge in [-0.15, -0.1) is 0 Å². The van der Waals surface area contributed by atoms with Gasteiger partial charge >= 0.3 is 6.09 Å². The van der Waals surface area contributed by atoms with Crippen molar-refractivity contribution in [1.29, 1.82) is 0 Å². The Hall–Kier alpha value is -0.770. The number of nitrogens with one attached hydrogen (secondary N) is 1. The minimum absolute atomic E-state index is 0.145. The van der Waals surface area contributed by atoms with Crippen LogP contribution < -0.4 is 5.32 Å². The second-order valence-electron chi connectivity index (χ2n) is 5.51. The van der Waals surface area contributed by atoms with E-state index in [2.05, 4.69) is 5.32 Å². The number of alkyl carbamates (subject to hydrolysis) is 1. The summed E-state index contributed by atoms with van der Waals surface area (Å²) in [5.41, 5.74) is -0.450. The molecule has 0 saturated heterocycles. The number of aliphatic hydroxyl groups is 1. The van der Waals surface area contributed by atoms with Crippen LogP contribution in [0, 0.1) is 0 Å². The van der Waals surface area contributed by atoms with Crippen molar-refractivity contribution in [3.05, 3.63) is 0 Å². The van der Waals surface area contributed by atoms with E-state index in [1.807, 2.05) is 20.8 Å². The maximum absolute atomic E-state index is 11.5. The lowest BCUT2D eigenvalue weighted by Gasteiger charge is -2.22. The molecule has 0 spiro atoms. The van der Waals surface area contributed by atoms with Crippen molar-refractivity contribution in [2.24, 2.45) is 0 Å². The van der Waals surface area contributed by atoms with Crippen molar-refractivity contribution >= 4 is 6.09 Å². The Morgan fingerprint density at radius 2 is 1.94 bits per heavy atom. The number of carbonyl (C=O) groups is 1. The zero-order valence-electron chi connectivity index (χ0n) is 10.5. The molecule has 1 saturated carbocycles. The van der Waals surface area contributed by atoms with E-state index in [1.54, 1.807) is 0 Å². The number of hydrogen-bond acceptors (Lipinski definition) is 3. The summed E-state index contributed by atoms with van der Waals surface area (Å²) < 4.78 is 5.20. The zero-order chi connectivity index (χ0) is 12.2. The molecule has 1 aliphatic carbocycles. The minimum Gasteiger partial charge on any atom is -0.444 e. The highest BCUT2D eigenvalue weighted by molar-refractivity contribution is 5.68. The van der Waals surface area contributed by atoms with Crippen LogP contribution in [-0.2, 0) is 4.74 Å². The molecule has 0 aromatic rings. The fourth-order valence-electron chi connectivity index (χ4n) is 1.90. The van der Waals surface area contributed by atoms with Crippen LogP contribution in [0.3, 0.4) is 0 Å². The van der Waals surface area contributed by atoms with Gasteiger partial charge in [-0.2, -0.15) is 0 Å². The highest BCUT2D eigenvalue weighted by Gasteiger charge is 2.22. The van der Waals surface area contributed by atoms with Gasteiger partial charge in [-0.25, -0.2) is 4.79 Å². The molecule has 4 nitrogen and oxygen atoms in total. The Morgan fingerprint density at radius 1 is 1.25 bits per heavy atom. The van der Waals surface area contributed by atoms with E-state index < -0.39 is 5.60 Å². The first-order valence-corrected chi connectivity index (χ1v) is 6.04. The molecule has 1 amide bonds. The molecular formula is C12H23NO3.